The standard InChI is InChI=1S/C12H12Cl2NO4P/c1-3-19-20(16,17)11-6-8-9(14)4-7(13)5-10(8)15-12(11)18-2/h4-6H,3H2,1-2H3,(H,16,17). The van der Waals surface area contributed by atoms with Gasteiger partial charge >= 0.3 is 7.60 Å². The quantitative estimate of drug-likeness (QED) is 0.867. The molecule has 0 aliphatic carbocycles. The van der Waals surface area contributed by atoms with Crippen molar-refractivity contribution in [3.8, 4) is 5.88 Å². The van der Waals surface area contributed by atoms with Crippen molar-refractivity contribution in [2.24, 2.45) is 0 Å². The number of hydrogen-bond acceptors (Lipinski definition) is 4. The molecule has 1 aromatic carbocycles. The molecule has 1 aromatic heterocycles. The Balaban J connectivity index is 2.75. The van der Waals surface area contributed by atoms with Crippen LogP contribution in [0.3, 0.4) is 0 Å². The van der Waals surface area contributed by atoms with E-state index in [1.54, 1.807) is 13.0 Å². The summed E-state index contributed by atoms with van der Waals surface area (Å²) in [6.07, 6.45) is 0. The molecule has 0 spiro atoms. The Morgan fingerprint density at radius 3 is 2.65 bits per heavy atom. The van der Waals surface area contributed by atoms with E-state index >= 15 is 0 Å². The largest absolute Gasteiger partial charge is 0.480 e. The van der Waals surface area contributed by atoms with Gasteiger partial charge in [-0.2, -0.15) is 0 Å². The smallest absolute Gasteiger partial charge is 0.364 e. The van der Waals surface area contributed by atoms with Crippen molar-refractivity contribution in [2.45, 2.75) is 6.92 Å². The number of halogens is 2. The SMILES string of the molecule is CCOP(=O)(O)c1cc2c(Cl)cc(Cl)cc2nc1OC. The van der Waals surface area contributed by atoms with Crippen LogP contribution >= 0.6 is 30.8 Å². The second-order valence-corrected chi connectivity index (χ2v) is 6.53. The average molecular weight is 336 g/mol. The van der Waals surface area contributed by atoms with E-state index < -0.39 is 7.60 Å². The summed E-state index contributed by atoms with van der Waals surface area (Å²) in [5, 5.41) is 1.22. The molecule has 0 radical (unpaired) electrons. The molecule has 0 amide bonds. The number of nitrogens with zero attached hydrogens (tertiary/aromatic N) is 1. The normalized spacial score (nSPS) is 14.2. The zero-order valence-corrected chi connectivity index (χ0v) is 13.2. The first kappa shape index (κ1) is 15.5. The molecule has 2 aromatic rings. The van der Waals surface area contributed by atoms with Gasteiger partial charge in [-0.25, -0.2) is 4.98 Å². The topological polar surface area (TPSA) is 68.7 Å². The Hall–Kier alpha value is -0.840. The first-order valence-electron chi connectivity index (χ1n) is 5.70. The molecular formula is C12H12Cl2NO4P. The van der Waals surface area contributed by atoms with Crippen LogP contribution < -0.4 is 10.0 Å². The van der Waals surface area contributed by atoms with E-state index in [1.165, 1.54) is 19.2 Å². The minimum atomic E-state index is -4.01. The minimum absolute atomic E-state index is 0.00937. The van der Waals surface area contributed by atoms with Crippen molar-refractivity contribution < 1.29 is 18.7 Å². The third-order valence-electron chi connectivity index (χ3n) is 2.60. The number of ether oxygens (including phenoxy) is 1. The Labute approximate surface area is 126 Å². The molecule has 1 N–H and O–H groups in total. The number of hydrogen-bond donors (Lipinski definition) is 1. The van der Waals surface area contributed by atoms with Gasteiger partial charge in [-0.15, -0.1) is 0 Å². The van der Waals surface area contributed by atoms with E-state index in [1.807, 2.05) is 0 Å². The van der Waals surface area contributed by atoms with E-state index in [9.17, 15) is 9.46 Å². The van der Waals surface area contributed by atoms with Gasteiger partial charge in [0.2, 0.25) is 5.88 Å². The molecule has 108 valence electrons. The number of fused-ring (bicyclic) bond motifs is 1. The maximum atomic E-state index is 12.2. The van der Waals surface area contributed by atoms with Crippen LogP contribution in [0.15, 0.2) is 18.2 Å². The number of benzene rings is 1. The van der Waals surface area contributed by atoms with Gasteiger partial charge in [0.05, 0.1) is 24.3 Å². The molecule has 0 saturated heterocycles. The van der Waals surface area contributed by atoms with Crippen LogP contribution in [-0.4, -0.2) is 23.6 Å². The molecule has 0 bridgehead atoms. The fraction of sp³-hybridized carbons (Fsp3) is 0.250. The van der Waals surface area contributed by atoms with Gasteiger partial charge in [0.15, 0.2) is 0 Å². The van der Waals surface area contributed by atoms with Crippen molar-refractivity contribution in [1.82, 2.24) is 4.98 Å². The summed E-state index contributed by atoms with van der Waals surface area (Å²) < 4.78 is 22.1. The second kappa shape index (κ2) is 5.88. The summed E-state index contributed by atoms with van der Waals surface area (Å²) in [6.45, 7) is 1.71. The Bertz CT molecular complexity index is 707. The van der Waals surface area contributed by atoms with Gasteiger partial charge in [-0.05, 0) is 25.1 Å². The Kier molecular flexibility index (Phi) is 4.57. The molecule has 0 saturated carbocycles. The van der Waals surface area contributed by atoms with Crippen LogP contribution in [0.1, 0.15) is 6.92 Å². The lowest BCUT2D eigenvalue weighted by Gasteiger charge is -2.15. The van der Waals surface area contributed by atoms with E-state index in [0.29, 0.717) is 20.9 Å². The highest BCUT2D eigenvalue weighted by Crippen LogP contribution is 2.44. The van der Waals surface area contributed by atoms with E-state index in [2.05, 4.69) is 4.98 Å². The average Bonchev–Trinajstić information content (AvgIpc) is 2.36. The molecule has 1 heterocycles. The fourth-order valence-electron chi connectivity index (χ4n) is 1.77. The van der Waals surface area contributed by atoms with Gasteiger partial charge in [0.1, 0.15) is 5.30 Å². The molecule has 0 aliphatic heterocycles. The summed E-state index contributed by atoms with van der Waals surface area (Å²) in [7, 11) is -2.66. The lowest BCUT2D eigenvalue weighted by Crippen LogP contribution is -2.12. The first-order valence-corrected chi connectivity index (χ1v) is 8.04. The fourth-order valence-corrected chi connectivity index (χ4v) is 3.47. The van der Waals surface area contributed by atoms with Crippen LogP contribution in [0.4, 0.5) is 0 Å². The molecule has 2 rings (SSSR count). The molecule has 5 nitrogen and oxygen atoms in total. The van der Waals surface area contributed by atoms with Crippen molar-refractivity contribution in [3.63, 3.8) is 0 Å². The van der Waals surface area contributed by atoms with Crippen LogP contribution in [0, 0.1) is 0 Å². The number of pyridine rings is 1. The predicted molar refractivity (Wildman–Crippen MR) is 79.4 cm³/mol. The molecule has 1 atom stereocenters. The summed E-state index contributed by atoms with van der Waals surface area (Å²) in [5.41, 5.74) is 0.472. The van der Waals surface area contributed by atoms with E-state index in [-0.39, 0.29) is 17.8 Å². The summed E-state index contributed by atoms with van der Waals surface area (Å²) in [5.74, 6) is 0.00937. The van der Waals surface area contributed by atoms with Crippen molar-refractivity contribution in [2.75, 3.05) is 13.7 Å². The van der Waals surface area contributed by atoms with E-state index in [4.69, 9.17) is 32.5 Å². The molecule has 0 aliphatic rings. The Morgan fingerprint density at radius 1 is 1.35 bits per heavy atom. The lowest BCUT2D eigenvalue weighted by molar-refractivity contribution is 0.282. The summed E-state index contributed by atoms with van der Waals surface area (Å²) in [6, 6.07) is 4.57. The highest BCUT2D eigenvalue weighted by Gasteiger charge is 2.28. The van der Waals surface area contributed by atoms with Gasteiger partial charge in [-0.1, -0.05) is 23.2 Å². The molecule has 20 heavy (non-hydrogen) atoms. The number of rotatable bonds is 4. The van der Waals surface area contributed by atoms with Crippen LogP contribution in [0.25, 0.3) is 10.9 Å². The highest BCUT2D eigenvalue weighted by molar-refractivity contribution is 7.61. The summed E-state index contributed by atoms with van der Waals surface area (Å²) in [4.78, 5) is 14.1. The number of methoxy groups -OCH3 is 1. The van der Waals surface area contributed by atoms with Crippen molar-refractivity contribution in [3.05, 3.63) is 28.2 Å². The third kappa shape index (κ3) is 2.92. The van der Waals surface area contributed by atoms with Gasteiger partial charge in [0, 0.05) is 10.4 Å². The van der Waals surface area contributed by atoms with Gasteiger partial charge in [0.25, 0.3) is 0 Å². The first-order chi connectivity index (χ1) is 9.39. The predicted octanol–water partition coefficient (Wildman–Crippen LogP) is 3.40. The monoisotopic (exact) mass is 335 g/mol. The van der Waals surface area contributed by atoms with Gasteiger partial charge < -0.3 is 14.2 Å². The van der Waals surface area contributed by atoms with Crippen molar-refractivity contribution in [1.29, 1.82) is 0 Å². The summed E-state index contributed by atoms with van der Waals surface area (Å²) >= 11 is 12.0. The highest BCUT2D eigenvalue weighted by atomic mass is 35.5. The maximum Gasteiger partial charge on any atom is 0.364 e. The van der Waals surface area contributed by atoms with Crippen molar-refractivity contribution >= 4 is 47.0 Å². The molecular weight excluding hydrogens is 324 g/mol. The zero-order valence-electron chi connectivity index (χ0n) is 10.8. The van der Waals surface area contributed by atoms with Crippen LogP contribution in [0.2, 0.25) is 10.0 Å². The maximum absolute atomic E-state index is 12.2. The minimum Gasteiger partial charge on any atom is -0.480 e. The zero-order chi connectivity index (χ0) is 14.9. The van der Waals surface area contributed by atoms with Crippen LogP contribution in [0.5, 0.6) is 5.88 Å². The lowest BCUT2D eigenvalue weighted by atomic mass is 10.2. The molecule has 0 fully saturated rings. The third-order valence-corrected chi connectivity index (χ3v) is 4.66. The number of aromatic nitrogens is 1. The van der Waals surface area contributed by atoms with Gasteiger partial charge in [-0.3, -0.25) is 4.57 Å². The second-order valence-electron chi connectivity index (χ2n) is 3.91. The molecule has 1 unspecified atom stereocenters. The molecule has 8 heteroatoms. The van der Waals surface area contributed by atoms with E-state index in [0.717, 1.165) is 0 Å². The van der Waals surface area contributed by atoms with Crippen LogP contribution in [-0.2, 0) is 9.09 Å². The Morgan fingerprint density at radius 2 is 2.05 bits per heavy atom.